The third kappa shape index (κ3) is 5.79. The minimum Gasteiger partial charge on any atom is -0.491 e. The predicted molar refractivity (Wildman–Crippen MR) is 114 cm³/mol. The number of nitrogens with one attached hydrogen (secondary N) is 1. The Morgan fingerprint density at radius 2 is 1.87 bits per heavy atom. The summed E-state index contributed by atoms with van der Waals surface area (Å²) >= 11 is 0. The minimum absolute atomic E-state index is 0.0455. The van der Waals surface area contributed by atoms with Gasteiger partial charge in [0.2, 0.25) is 15.9 Å². The molecule has 3 rings (SSSR count). The summed E-state index contributed by atoms with van der Waals surface area (Å²) in [4.78, 5) is 12.5. The Labute approximate surface area is 176 Å². The average Bonchev–Trinajstić information content (AvgIpc) is 2.69. The van der Waals surface area contributed by atoms with Gasteiger partial charge in [-0.25, -0.2) is 8.42 Å². The molecule has 0 aromatic heterocycles. The van der Waals surface area contributed by atoms with E-state index < -0.39 is 15.9 Å². The fourth-order valence-electron chi connectivity index (χ4n) is 2.98. The van der Waals surface area contributed by atoms with Gasteiger partial charge in [0.15, 0.2) is 11.5 Å². The number of rotatable bonds is 8. The van der Waals surface area contributed by atoms with Crippen LogP contribution in [0.5, 0.6) is 17.2 Å². The number of fused-ring (bicyclic) bond motifs is 1. The third-order valence-electron chi connectivity index (χ3n) is 4.26. The fraction of sp³-hybridized carbons (Fsp3) is 0.381. The molecule has 0 atom stereocenters. The molecule has 0 spiro atoms. The van der Waals surface area contributed by atoms with Crippen molar-refractivity contribution in [2.75, 3.05) is 30.3 Å². The van der Waals surface area contributed by atoms with E-state index in [0.717, 1.165) is 16.1 Å². The number of amides is 1. The Bertz CT molecular complexity index is 1010. The lowest BCUT2D eigenvalue weighted by Gasteiger charge is -2.24. The van der Waals surface area contributed by atoms with Crippen LogP contribution in [0, 0.1) is 0 Å². The highest BCUT2D eigenvalue weighted by molar-refractivity contribution is 7.92. The SMILES string of the molecule is CC(C)Oc1cccc(CNC(=O)CN(c2ccc3c(c2)OCCO3)S(C)(=O)=O)c1. The van der Waals surface area contributed by atoms with E-state index in [0.29, 0.717) is 36.1 Å². The van der Waals surface area contributed by atoms with Crippen LogP contribution in [0.3, 0.4) is 0 Å². The lowest BCUT2D eigenvalue weighted by atomic mass is 10.2. The highest BCUT2D eigenvalue weighted by Crippen LogP contribution is 2.34. The van der Waals surface area contributed by atoms with Crippen molar-refractivity contribution in [1.82, 2.24) is 5.32 Å². The van der Waals surface area contributed by atoms with Crippen LogP contribution in [-0.2, 0) is 21.4 Å². The molecule has 162 valence electrons. The first kappa shape index (κ1) is 21.8. The first-order valence-corrected chi connectivity index (χ1v) is 11.5. The van der Waals surface area contributed by atoms with E-state index in [1.165, 1.54) is 0 Å². The second-order valence-corrected chi connectivity index (χ2v) is 9.10. The number of anilines is 1. The van der Waals surface area contributed by atoms with Crippen molar-refractivity contribution in [1.29, 1.82) is 0 Å². The lowest BCUT2D eigenvalue weighted by Crippen LogP contribution is -2.40. The van der Waals surface area contributed by atoms with Gasteiger partial charge in [0.1, 0.15) is 25.5 Å². The fourth-order valence-corrected chi connectivity index (χ4v) is 3.82. The van der Waals surface area contributed by atoms with Gasteiger partial charge in [-0.2, -0.15) is 0 Å². The number of carbonyl (C=O) groups is 1. The monoisotopic (exact) mass is 434 g/mol. The summed E-state index contributed by atoms with van der Waals surface area (Å²) < 4.78 is 42.3. The molecule has 8 nitrogen and oxygen atoms in total. The van der Waals surface area contributed by atoms with Crippen LogP contribution in [0.4, 0.5) is 5.69 Å². The molecule has 2 aromatic carbocycles. The number of hydrogen-bond donors (Lipinski definition) is 1. The normalized spacial score (nSPS) is 13.1. The van der Waals surface area contributed by atoms with Crippen molar-refractivity contribution in [3.8, 4) is 17.2 Å². The number of nitrogens with zero attached hydrogens (tertiary/aromatic N) is 1. The smallest absolute Gasteiger partial charge is 0.241 e. The molecule has 0 fully saturated rings. The van der Waals surface area contributed by atoms with E-state index in [4.69, 9.17) is 14.2 Å². The first-order valence-electron chi connectivity index (χ1n) is 9.62. The topological polar surface area (TPSA) is 94.2 Å². The molecular formula is C21H26N2O6S. The molecule has 0 radical (unpaired) electrons. The van der Waals surface area contributed by atoms with Gasteiger partial charge < -0.3 is 19.5 Å². The van der Waals surface area contributed by atoms with Gasteiger partial charge in [0.05, 0.1) is 18.0 Å². The first-order chi connectivity index (χ1) is 14.2. The predicted octanol–water partition coefficient (Wildman–Crippen LogP) is 2.33. The van der Waals surface area contributed by atoms with Crippen LogP contribution in [0.25, 0.3) is 0 Å². The number of ether oxygens (including phenoxy) is 3. The quantitative estimate of drug-likeness (QED) is 0.685. The summed E-state index contributed by atoms with van der Waals surface area (Å²) in [6.45, 7) is 4.61. The maximum Gasteiger partial charge on any atom is 0.241 e. The van der Waals surface area contributed by atoms with Crippen molar-refractivity contribution < 1.29 is 27.4 Å². The Morgan fingerprint density at radius 1 is 1.13 bits per heavy atom. The Hall–Kier alpha value is -2.94. The average molecular weight is 435 g/mol. The Morgan fingerprint density at radius 3 is 2.57 bits per heavy atom. The molecule has 9 heteroatoms. The molecule has 1 aliphatic heterocycles. The van der Waals surface area contributed by atoms with Crippen LogP contribution in [-0.4, -0.2) is 46.4 Å². The molecule has 0 saturated carbocycles. The van der Waals surface area contributed by atoms with E-state index in [1.54, 1.807) is 18.2 Å². The number of hydrogen-bond acceptors (Lipinski definition) is 6. The highest BCUT2D eigenvalue weighted by Gasteiger charge is 2.23. The molecule has 1 heterocycles. The molecule has 1 aliphatic rings. The molecule has 0 unspecified atom stereocenters. The van der Waals surface area contributed by atoms with Gasteiger partial charge in [0.25, 0.3) is 0 Å². The Balaban J connectivity index is 1.68. The number of benzene rings is 2. The van der Waals surface area contributed by atoms with Crippen LogP contribution < -0.4 is 23.8 Å². The van der Waals surface area contributed by atoms with Crippen LogP contribution in [0.1, 0.15) is 19.4 Å². The molecule has 0 saturated heterocycles. The summed E-state index contributed by atoms with van der Waals surface area (Å²) in [6, 6.07) is 12.2. The van der Waals surface area contributed by atoms with Gasteiger partial charge in [-0.05, 0) is 43.7 Å². The zero-order valence-electron chi connectivity index (χ0n) is 17.3. The second kappa shape index (κ2) is 9.25. The number of sulfonamides is 1. The Kier molecular flexibility index (Phi) is 6.71. The largest absolute Gasteiger partial charge is 0.491 e. The molecule has 1 amide bonds. The standard InChI is InChI=1S/C21H26N2O6S/c1-15(2)29-18-6-4-5-16(11-18)13-22-21(24)14-23(30(3,25)26)17-7-8-19-20(12-17)28-10-9-27-19/h4-8,11-12,15H,9-10,13-14H2,1-3H3,(H,22,24). The van der Waals surface area contributed by atoms with Crippen molar-refractivity contribution in [3.63, 3.8) is 0 Å². The number of carbonyl (C=O) groups excluding carboxylic acids is 1. The van der Waals surface area contributed by atoms with E-state index in [1.807, 2.05) is 38.1 Å². The maximum atomic E-state index is 12.5. The van der Waals surface area contributed by atoms with Gasteiger partial charge in [-0.3, -0.25) is 9.10 Å². The molecule has 0 bridgehead atoms. The van der Waals surface area contributed by atoms with Crippen LogP contribution in [0.15, 0.2) is 42.5 Å². The van der Waals surface area contributed by atoms with Gasteiger partial charge in [-0.15, -0.1) is 0 Å². The van der Waals surface area contributed by atoms with Crippen molar-refractivity contribution >= 4 is 21.6 Å². The summed E-state index contributed by atoms with van der Waals surface area (Å²) in [6.07, 6.45) is 1.10. The van der Waals surface area contributed by atoms with Gasteiger partial charge >= 0.3 is 0 Å². The zero-order chi connectivity index (χ0) is 21.7. The summed E-state index contributed by atoms with van der Waals surface area (Å²) in [5.74, 6) is 1.29. The lowest BCUT2D eigenvalue weighted by molar-refractivity contribution is -0.119. The maximum absolute atomic E-state index is 12.5. The van der Waals surface area contributed by atoms with E-state index >= 15 is 0 Å². The van der Waals surface area contributed by atoms with Gasteiger partial charge in [0, 0.05) is 12.6 Å². The summed E-state index contributed by atoms with van der Waals surface area (Å²) in [5, 5.41) is 2.76. The van der Waals surface area contributed by atoms with Crippen LogP contribution >= 0.6 is 0 Å². The van der Waals surface area contributed by atoms with Crippen molar-refractivity contribution in [3.05, 3.63) is 48.0 Å². The highest BCUT2D eigenvalue weighted by atomic mass is 32.2. The van der Waals surface area contributed by atoms with Crippen LogP contribution in [0.2, 0.25) is 0 Å². The third-order valence-corrected chi connectivity index (χ3v) is 5.40. The van der Waals surface area contributed by atoms with Crippen molar-refractivity contribution in [2.45, 2.75) is 26.5 Å². The van der Waals surface area contributed by atoms with E-state index in [-0.39, 0.29) is 19.2 Å². The van der Waals surface area contributed by atoms with E-state index in [9.17, 15) is 13.2 Å². The molecule has 1 N–H and O–H groups in total. The summed E-state index contributed by atoms with van der Waals surface area (Å²) in [5.41, 5.74) is 1.19. The molecule has 0 aliphatic carbocycles. The molecular weight excluding hydrogens is 408 g/mol. The van der Waals surface area contributed by atoms with Gasteiger partial charge in [-0.1, -0.05) is 12.1 Å². The van der Waals surface area contributed by atoms with E-state index in [2.05, 4.69) is 5.32 Å². The van der Waals surface area contributed by atoms with Crippen molar-refractivity contribution in [2.24, 2.45) is 0 Å². The second-order valence-electron chi connectivity index (χ2n) is 7.19. The minimum atomic E-state index is -3.69. The molecule has 2 aromatic rings. The zero-order valence-corrected chi connectivity index (χ0v) is 18.1. The summed E-state index contributed by atoms with van der Waals surface area (Å²) in [7, 11) is -3.69. The molecule has 30 heavy (non-hydrogen) atoms.